The molecule has 2 rings (SSSR count). The average Bonchev–Trinajstić information content (AvgIpc) is 2.77. The van der Waals surface area contributed by atoms with Crippen LogP contribution in [0.1, 0.15) is 22.9 Å². The zero-order valence-corrected chi connectivity index (χ0v) is 11.2. The van der Waals surface area contributed by atoms with E-state index < -0.39 is 0 Å². The second kappa shape index (κ2) is 4.63. The van der Waals surface area contributed by atoms with E-state index in [2.05, 4.69) is 26.2 Å². The molecule has 0 N–H and O–H groups in total. The zero-order chi connectivity index (χ0) is 10.8. The van der Waals surface area contributed by atoms with Crippen LogP contribution in [-0.4, -0.2) is 15.0 Å². The van der Waals surface area contributed by atoms with Gasteiger partial charge in [0.25, 0.3) is 0 Å². The van der Waals surface area contributed by atoms with Gasteiger partial charge >= 0.3 is 0 Å². The van der Waals surface area contributed by atoms with Crippen molar-refractivity contribution in [3.05, 3.63) is 32.7 Å². The lowest BCUT2D eigenvalue weighted by molar-refractivity contribution is 0.654. The van der Waals surface area contributed by atoms with Crippen LogP contribution in [0.25, 0.3) is 0 Å². The molecule has 2 aromatic heterocycles. The number of hydrogen-bond acceptors (Lipinski definition) is 3. The molecule has 6 heteroatoms. The molecule has 0 aliphatic heterocycles. The van der Waals surface area contributed by atoms with Gasteiger partial charge in [0, 0.05) is 9.35 Å². The summed E-state index contributed by atoms with van der Waals surface area (Å²) >= 11 is 11.1. The Labute approximate surface area is 105 Å². The third kappa shape index (κ3) is 2.59. The molecule has 2 aromatic rings. The highest BCUT2D eigenvalue weighted by molar-refractivity contribution is 9.10. The van der Waals surface area contributed by atoms with Gasteiger partial charge in [0.15, 0.2) is 0 Å². The summed E-state index contributed by atoms with van der Waals surface area (Å²) in [6.45, 7) is 2.62. The highest BCUT2D eigenvalue weighted by Gasteiger charge is 2.08. The Balaban J connectivity index is 2.15. The summed E-state index contributed by atoms with van der Waals surface area (Å²) in [6, 6.07) is 2.03. The molecule has 2 heterocycles. The van der Waals surface area contributed by atoms with Crippen LogP contribution in [0.4, 0.5) is 0 Å². The molecule has 0 bridgehead atoms. The number of rotatable bonds is 3. The SMILES string of the molecule is CC(Cl)c1cn(Cc2sccc2Br)nn1. The molecule has 1 atom stereocenters. The molecule has 1 unspecified atom stereocenters. The van der Waals surface area contributed by atoms with Crippen molar-refractivity contribution in [3.63, 3.8) is 0 Å². The van der Waals surface area contributed by atoms with Gasteiger partial charge in [0.2, 0.25) is 0 Å². The van der Waals surface area contributed by atoms with E-state index in [4.69, 9.17) is 11.6 Å². The summed E-state index contributed by atoms with van der Waals surface area (Å²) in [5.74, 6) is 0. The van der Waals surface area contributed by atoms with Gasteiger partial charge < -0.3 is 0 Å². The van der Waals surface area contributed by atoms with E-state index >= 15 is 0 Å². The Bertz CT molecular complexity index is 452. The number of halogens is 2. The fourth-order valence-corrected chi connectivity index (χ4v) is 2.73. The number of hydrogen-bond donors (Lipinski definition) is 0. The lowest BCUT2D eigenvalue weighted by Gasteiger charge is -1.97. The van der Waals surface area contributed by atoms with E-state index in [-0.39, 0.29) is 5.38 Å². The van der Waals surface area contributed by atoms with Crippen LogP contribution >= 0.6 is 38.9 Å². The average molecular weight is 307 g/mol. The predicted molar refractivity (Wildman–Crippen MR) is 65.4 cm³/mol. The number of thiophene rings is 1. The third-order valence-corrected chi connectivity index (χ3v) is 4.10. The minimum atomic E-state index is -0.0921. The van der Waals surface area contributed by atoms with Gasteiger partial charge in [-0.05, 0) is 34.3 Å². The van der Waals surface area contributed by atoms with Crippen LogP contribution in [0.2, 0.25) is 0 Å². The summed E-state index contributed by atoms with van der Waals surface area (Å²) in [6.07, 6.45) is 1.88. The van der Waals surface area contributed by atoms with Crippen molar-refractivity contribution >= 4 is 38.9 Å². The molecule has 0 aliphatic rings. The van der Waals surface area contributed by atoms with Gasteiger partial charge in [-0.2, -0.15) is 0 Å². The molecular weight excluding hydrogens is 298 g/mol. The first-order valence-electron chi connectivity index (χ1n) is 4.43. The van der Waals surface area contributed by atoms with Gasteiger partial charge in [-0.3, -0.25) is 0 Å². The van der Waals surface area contributed by atoms with E-state index in [0.717, 1.165) is 16.7 Å². The fraction of sp³-hybridized carbons (Fsp3) is 0.333. The van der Waals surface area contributed by atoms with Gasteiger partial charge in [0.05, 0.1) is 18.1 Å². The highest BCUT2D eigenvalue weighted by atomic mass is 79.9. The van der Waals surface area contributed by atoms with E-state index in [9.17, 15) is 0 Å². The van der Waals surface area contributed by atoms with E-state index in [1.807, 2.05) is 24.6 Å². The predicted octanol–water partition coefficient (Wildman–Crippen LogP) is 3.45. The zero-order valence-electron chi connectivity index (χ0n) is 8.02. The molecule has 0 fully saturated rings. The first kappa shape index (κ1) is 11.1. The van der Waals surface area contributed by atoms with Crippen molar-refractivity contribution in [2.24, 2.45) is 0 Å². The third-order valence-electron chi connectivity index (χ3n) is 1.96. The normalized spacial score (nSPS) is 13.0. The topological polar surface area (TPSA) is 30.7 Å². The van der Waals surface area contributed by atoms with E-state index in [1.54, 1.807) is 16.0 Å². The lowest BCUT2D eigenvalue weighted by atomic mass is 10.4. The molecule has 0 aromatic carbocycles. The van der Waals surface area contributed by atoms with Crippen LogP contribution < -0.4 is 0 Å². The maximum atomic E-state index is 5.91. The number of aromatic nitrogens is 3. The molecule has 15 heavy (non-hydrogen) atoms. The minimum Gasteiger partial charge on any atom is -0.247 e. The molecule has 3 nitrogen and oxygen atoms in total. The summed E-state index contributed by atoms with van der Waals surface area (Å²) in [4.78, 5) is 1.23. The molecule has 0 radical (unpaired) electrons. The largest absolute Gasteiger partial charge is 0.247 e. The van der Waals surface area contributed by atoms with Crippen LogP contribution in [0.5, 0.6) is 0 Å². The fourth-order valence-electron chi connectivity index (χ4n) is 1.16. The van der Waals surface area contributed by atoms with Crippen LogP contribution in [0.15, 0.2) is 22.1 Å². The quantitative estimate of drug-likeness (QED) is 0.813. The summed E-state index contributed by atoms with van der Waals surface area (Å²) < 4.78 is 2.91. The second-order valence-electron chi connectivity index (χ2n) is 3.15. The van der Waals surface area contributed by atoms with Crippen molar-refractivity contribution in [2.75, 3.05) is 0 Å². The summed E-state index contributed by atoms with van der Waals surface area (Å²) in [5.41, 5.74) is 0.810. The first-order valence-corrected chi connectivity index (χ1v) is 6.53. The van der Waals surface area contributed by atoms with E-state index in [1.165, 1.54) is 4.88 Å². The standard InChI is InChI=1S/C9H9BrClN3S/c1-6(11)8-4-14(13-12-8)5-9-7(10)2-3-15-9/h2-4,6H,5H2,1H3. The lowest BCUT2D eigenvalue weighted by Crippen LogP contribution is -1.98. The van der Waals surface area contributed by atoms with Gasteiger partial charge in [-0.1, -0.05) is 5.21 Å². The second-order valence-corrected chi connectivity index (χ2v) is 5.66. The number of nitrogens with zero attached hydrogens (tertiary/aromatic N) is 3. The van der Waals surface area contributed by atoms with Crippen LogP contribution in [-0.2, 0) is 6.54 Å². The molecule has 0 aliphatic carbocycles. The van der Waals surface area contributed by atoms with Crippen molar-refractivity contribution in [3.8, 4) is 0 Å². The van der Waals surface area contributed by atoms with Gasteiger partial charge in [-0.15, -0.1) is 28.0 Å². The minimum absolute atomic E-state index is 0.0921. The molecular formula is C9H9BrClN3S. The molecule has 0 saturated carbocycles. The van der Waals surface area contributed by atoms with Gasteiger partial charge in [0.1, 0.15) is 5.69 Å². The molecule has 80 valence electrons. The molecule has 0 spiro atoms. The van der Waals surface area contributed by atoms with E-state index in [0.29, 0.717) is 0 Å². The van der Waals surface area contributed by atoms with Crippen molar-refractivity contribution in [1.29, 1.82) is 0 Å². The highest BCUT2D eigenvalue weighted by Crippen LogP contribution is 2.23. The monoisotopic (exact) mass is 305 g/mol. The maximum absolute atomic E-state index is 5.91. The van der Waals surface area contributed by atoms with Gasteiger partial charge in [-0.25, -0.2) is 4.68 Å². The molecule has 0 amide bonds. The maximum Gasteiger partial charge on any atom is 0.100 e. The Kier molecular flexibility index (Phi) is 3.43. The van der Waals surface area contributed by atoms with Crippen LogP contribution in [0, 0.1) is 0 Å². The van der Waals surface area contributed by atoms with Crippen molar-refractivity contribution < 1.29 is 0 Å². The Hall–Kier alpha value is -0.390. The molecule has 0 saturated heterocycles. The Morgan fingerprint density at radius 3 is 3.00 bits per heavy atom. The Morgan fingerprint density at radius 1 is 1.67 bits per heavy atom. The summed E-state index contributed by atoms with van der Waals surface area (Å²) in [5, 5.41) is 9.97. The van der Waals surface area contributed by atoms with Crippen molar-refractivity contribution in [1.82, 2.24) is 15.0 Å². The van der Waals surface area contributed by atoms with Crippen molar-refractivity contribution in [2.45, 2.75) is 18.8 Å². The summed E-state index contributed by atoms with van der Waals surface area (Å²) in [7, 11) is 0. The number of alkyl halides is 1. The smallest absolute Gasteiger partial charge is 0.100 e. The Morgan fingerprint density at radius 2 is 2.47 bits per heavy atom. The van der Waals surface area contributed by atoms with Crippen LogP contribution in [0.3, 0.4) is 0 Å². The first-order chi connectivity index (χ1) is 7.16.